The molecule has 4 heteroatoms. The van der Waals surface area contributed by atoms with E-state index in [9.17, 15) is 4.79 Å². The standard InChI is InChI=1S/C13H25NO3/c1-11-4-6-12(7-5-11)17-10-13(16)14(2)8-3-9-15/h11-12,15H,3-10H2,1-2H3. The lowest BCUT2D eigenvalue weighted by atomic mass is 9.89. The third-order valence-electron chi connectivity index (χ3n) is 3.48. The summed E-state index contributed by atoms with van der Waals surface area (Å²) < 4.78 is 5.64. The molecule has 0 aromatic heterocycles. The summed E-state index contributed by atoms with van der Waals surface area (Å²) in [5, 5.41) is 8.69. The number of hydrogen-bond donors (Lipinski definition) is 1. The van der Waals surface area contributed by atoms with Gasteiger partial charge in [0.25, 0.3) is 0 Å². The van der Waals surface area contributed by atoms with E-state index in [4.69, 9.17) is 9.84 Å². The van der Waals surface area contributed by atoms with Crippen LogP contribution in [0.3, 0.4) is 0 Å². The Morgan fingerprint density at radius 2 is 2.00 bits per heavy atom. The zero-order valence-electron chi connectivity index (χ0n) is 11.0. The fourth-order valence-corrected chi connectivity index (χ4v) is 2.13. The molecule has 17 heavy (non-hydrogen) atoms. The van der Waals surface area contributed by atoms with Gasteiger partial charge in [-0.2, -0.15) is 0 Å². The van der Waals surface area contributed by atoms with E-state index in [0.717, 1.165) is 18.8 Å². The summed E-state index contributed by atoms with van der Waals surface area (Å²) in [6.07, 6.45) is 5.46. The number of rotatable bonds is 6. The highest BCUT2D eigenvalue weighted by Crippen LogP contribution is 2.25. The number of likely N-dealkylation sites (N-methyl/N-ethyl adjacent to an activating group) is 1. The van der Waals surface area contributed by atoms with E-state index < -0.39 is 0 Å². The molecule has 0 atom stereocenters. The average Bonchev–Trinajstić information content (AvgIpc) is 2.34. The topological polar surface area (TPSA) is 49.8 Å². The highest BCUT2D eigenvalue weighted by Gasteiger charge is 2.20. The molecule has 0 bridgehead atoms. The molecule has 0 aliphatic heterocycles. The van der Waals surface area contributed by atoms with Gasteiger partial charge in [-0.1, -0.05) is 6.92 Å². The van der Waals surface area contributed by atoms with Crippen molar-refractivity contribution in [2.75, 3.05) is 26.8 Å². The maximum Gasteiger partial charge on any atom is 0.248 e. The van der Waals surface area contributed by atoms with Crippen LogP contribution in [0.4, 0.5) is 0 Å². The highest BCUT2D eigenvalue weighted by atomic mass is 16.5. The van der Waals surface area contributed by atoms with Gasteiger partial charge in [-0.25, -0.2) is 0 Å². The van der Waals surface area contributed by atoms with E-state index in [1.807, 2.05) is 0 Å². The van der Waals surface area contributed by atoms with Gasteiger partial charge in [-0.15, -0.1) is 0 Å². The van der Waals surface area contributed by atoms with Crippen LogP contribution in [-0.4, -0.2) is 48.8 Å². The van der Waals surface area contributed by atoms with Crippen molar-refractivity contribution in [3.8, 4) is 0 Å². The molecule has 100 valence electrons. The zero-order chi connectivity index (χ0) is 12.7. The molecule has 0 saturated heterocycles. The highest BCUT2D eigenvalue weighted by molar-refractivity contribution is 5.77. The van der Waals surface area contributed by atoms with Gasteiger partial charge in [-0.05, 0) is 38.0 Å². The smallest absolute Gasteiger partial charge is 0.248 e. The maximum absolute atomic E-state index is 11.7. The first-order valence-corrected chi connectivity index (χ1v) is 6.60. The van der Waals surface area contributed by atoms with Crippen LogP contribution in [0.5, 0.6) is 0 Å². The van der Waals surface area contributed by atoms with Gasteiger partial charge in [0, 0.05) is 20.2 Å². The molecule has 1 saturated carbocycles. The molecule has 1 rings (SSSR count). The van der Waals surface area contributed by atoms with Crippen molar-refractivity contribution in [2.24, 2.45) is 5.92 Å². The molecule has 1 amide bonds. The van der Waals surface area contributed by atoms with Crippen molar-refractivity contribution in [1.82, 2.24) is 4.90 Å². The quantitative estimate of drug-likeness (QED) is 0.767. The summed E-state index contributed by atoms with van der Waals surface area (Å²) >= 11 is 0. The van der Waals surface area contributed by atoms with Crippen molar-refractivity contribution >= 4 is 5.91 Å². The number of hydrogen-bond acceptors (Lipinski definition) is 3. The first-order chi connectivity index (χ1) is 8.13. The fraction of sp³-hybridized carbons (Fsp3) is 0.923. The van der Waals surface area contributed by atoms with Crippen LogP contribution in [0.15, 0.2) is 0 Å². The Kier molecular flexibility index (Phi) is 6.52. The Bertz CT molecular complexity index is 225. The normalized spacial score (nSPS) is 24.6. The van der Waals surface area contributed by atoms with Crippen LogP contribution in [0.1, 0.15) is 39.0 Å². The van der Waals surface area contributed by atoms with Gasteiger partial charge < -0.3 is 14.7 Å². The molecule has 0 spiro atoms. The van der Waals surface area contributed by atoms with Crippen molar-refractivity contribution in [3.63, 3.8) is 0 Å². The van der Waals surface area contributed by atoms with Crippen LogP contribution in [0, 0.1) is 5.92 Å². The van der Waals surface area contributed by atoms with Crippen LogP contribution >= 0.6 is 0 Å². The minimum Gasteiger partial charge on any atom is -0.396 e. The van der Waals surface area contributed by atoms with Gasteiger partial charge >= 0.3 is 0 Å². The number of carbonyl (C=O) groups is 1. The molecule has 1 aliphatic rings. The molecular formula is C13H25NO3. The van der Waals surface area contributed by atoms with Crippen LogP contribution in [0.2, 0.25) is 0 Å². The van der Waals surface area contributed by atoms with E-state index in [1.165, 1.54) is 12.8 Å². The van der Waals surface area contributed by atoms with Crippen molar-refractivity contribution in [2.45, 2.75) is 45.1 Å². The summed E-state index contributed by atoms with van der Waals surface area (Å²) in [5.74, 6) is 0.815. The Morgan fingerprint density at radius 3 is 2.59 bits per heavy atom. The third kappa shape index (κ3) is 5.50. The summed E-state index contributed by atoms with van der Waals surface area (Å²) in [6, 6.07) is 0. The number of aliphatic hydroxyl groups excluding tert-OH is 1. The number of aliphatic hydroxyl groups is 1. The number of carbonyl (C=O) groups excluding carboxylic acids is 1. The van der Waals surface area contributed by atoms with Crippen LogP contribution < -0.4 is 0 Å². The largest absolute Gasteiger partial charge is 0.396 e. The first-order valence-electron chi connectivity index (χ1n) is 6.60. The minimum atomic E-state index is 0.0112. The molecule has 0 heterocycles. The van der Waals surface area contributed by atoms with Gasteiger partial charge in [0.1, 0.15) is 6.61 Å². The van der Waals surface area contributed by atoms with E-state index >= 15 is 0 Å². The SMILES string of the molecule is CC1CCC(OCC(=O)N(C)CCCO)CC1. The predicted octanol–water partition coefficient (Wildman–Crippen LogP) is 1.42. The van der Waals surface area contributed by atoms with Gasteiger partial charge in [-0.3, -0.25) is 4.79 Å². The molecule has 0 aromatic rings. The van der Waals surface area contributed by atoms with Crippen molar-refractivity contribution in [3.05, 3.63) is 0 Å². The van der Waals surface area contributed by atoms with Gasteiger partial charge in [0.2, 0.25) is 5.91 Å². The lowest BCUT2D eigenvalue weighted by Crippen LogP contribution is -2.33. The van der Waals surface area contributed by atoms with Crippen LogP contribution in [-0.2, 0) is 9.53 Å². The first kappa shape index (κ1) is 14.5. The summed E-state index contributed by atoms with van der Waals surface area (Å²) in [7, 11) is 1.75. The van der Waals surface area contributed by atoms with E-state index in [0.29, 0.717) is 13.0 Å². The predicted molar refractivity (Wildman–Crippen MR) is 66.7 cm³/mol. The third-order valence-corrected chi connectivity index (χ3v) is 3.48. The number of ether oxygens (including phenoxy) is 1. The van der Waals surface area contributed by atoms with E-state index in [1.54, 1.807) is 11.9 Å². The molecular weight excluding hydrogens is 218 g/mol. The molecule has 0 aromatic carbocycles. The summed E-state index contributed by atoms with van der Waals surface area (Å²) in [6.45, 7) is 3.17. The lowest BCUT2D eigenvalue weighted by molar-refractivity contribution is -0.137. The number of amides is 1. The molecule has 1 N–H and O–H groups in total. The Hall–Kier alpha value is -0.610. The number of nitrogens with zero attached hydrogens (tertiary/aromatic N) is 1. The second-order valence-corrected chi connectivity index (χ2v) is 5.09. The molecule has 0 unspecified atom stereocenters. The van der Waals surface area contributed by atoms with Crippen molar-refractivity contribution in [1.29, 1.82) is 0 Å². The van der Waals surface area contributed by atoms with Gasteiger partial charge in [0.15, 0.2) is 0 Å². The fourth-order valence-electron chi connectivity index (χ4n) is 2.13. The van der Waals surface area contributed by atoms with E-state index in [-0.39, 0.29) is 25.2 Å². The van der Waals surface area contributed by atoms with Gasteiger partial charge in [0.05, 0.1) is 6.10 Å². The molecule has 1 aliphatic carbocycles. The Labute approximate surface area is 104 Å². The second-order valence-electron chi connectivity index (χ2n) is 5.09. The molecule has 1 fully saturated rings. The summed E-state index contributed by atoms with van der Waals surface area (Å²) in [4.78, 5) is 13.3. The van der Waals surface area contributed by atoms with E-state index in [2.05, 4.69) is 6.92 Å². The van der Waals surface area contributed by atoms with Crippen LogP contribution in [0.25, 0.3) is 0 Å². The Morgan fingerprint density at radius 1 is 1.35 bits per heavy atom. The van der Waals surface area contributed by atoms with Crippen molar-refractivity contribution < 1.29 is 14.6 Å². The Balaban J connectivity index is 2.14. The maximum atomic E-state index is 11.7. The monoisotopic (exact) mass is 243 g/mol. The summed E-state index contributed by atoms with van der Waals surface area (Å²) in [5.41, 5.74) is 0. The average molecular weight is 243 g/mol. The lowest BCUT2D eigenvalue weighted by Gasteiger charge is -2.26. The second kappa shape index (κ2) is 7.67. The molecule has 0 radical (unpaired) electrons. The zero-order valence-corrected chi connectivity index (χ0v) is 11.0. The molecule has 4 nitrogen and oxygen atoms in total. The minimum absolute atomic E-state index is 0.0112.